The quantitative estimate of drug-likeness (QED) is 0.771. The molecule has 0 fully saturated rings. The first-order valence-corrected chi connectivity index (χ1v) is 5.75. The standard InChI is InChI=1S/C14H14.C2H3N/c1-3-7-13(8-4-1)11-12-14-9-5-2-6-10-14;1-2-3/h1-10H,11-12H2;1H3. The lowest BCUT2D eigenvalue weighted by atomic mass is 10.0. The predicted octanol–water partition coefficient (Wildman–Crippen LogP) is 4.00. The highest BCUT2D eigenvalue weighted by Gasteiger charge is 1.93. The highest BCUT2D eigenvalue weighted by atomic mass is 14.2. The minimum Gasteiger partial charge on any atom is -0.199 e. The Kier molecular flexibility index (Phi) is 6.21. The molecule has 2 aromatic rings. The third kappa shape index (κ3) is 5.53. The SMILES string of the molecule is CC#N.c1ccc(CCc2ccccc2)cc1. The minimum absolute atomic E-state index is 1.13. The fraction of sp³-hybridized carbons (Fsp3) is 0.188. The monoisotopic (exact) mass is 223 g/mol. The zero-order valence-corrected chi connectivity index (χ0v) is 10.1. The van der Waals surface area contributed by atoms with Gasteiger partial charge in [-0.05, 0) is 24.0 Å². The summed E-state index contributed by atoms with van der Waals surface area (Å²) in [5, 5.41) is 7.32. The van der Waals surface area contributed by atoms with Crippen LogP contribution in [0.25, 0.3) is 0 Å². The van der Waals surface area contributed by atoms with E-state index in [4.69, 9.17) is 5.26 Å². The van der Waals surface area contributed by atoms with Gasteiger partial charge in [-0.25, -0.2) is 0 Å². The first-order valence-electron chi connectivity index (χ1n) is 5.75. The van der Waals surface area contributed by atoms with Crippen LogP contribution in [0.5, 0.6) is 0 Å². The van der Waals surface area contributed by atoms with Crippen LogP contribution in [0.1, 0.15) is 18.1 Å². The number of rotatable bonds is 3. The number of nitrogens with zero attached hydrogens (tertiary/aromatic N) is 1. The second kappa shape index (κ2) is 8.13. The van der Waals surface area contributed by atoms with Crippen molar-refractivity contribution in [3.63, 3.8) is 0 Å². The Balaban J connectivity index is 0.000000437. The molecule has 2 aromatic carbocycles. The van der Waals surface area contributed by atoms with Crippen molar-refractivity contribution in [3.05, 3.63) is 71.8 Å². The molecule has 0 heterocycles. The van der Waals surface area contributed by atoms with Crippen LogP contribution in [0, 0.1) is 11.3 Å². The van der Waals surface area contributed by atoms with Crippen LogP contribution in [-0.2, 0) is 12.8 Å². The van der Waals surface area contributed by atoms with Gasteiger partial charge in [-0.15, -0.1) is 0 Å². The number of hydrogen-bond donors (Lipinski definition) is 0. The van der Waals surface area contributed by atoms with Crippen LogP contribution in [0.3, 0.4) is 0 Å². The molecule has 0 radical (unpaired) electrons. The molecule has 0 amide bonds. The van der Waals surface area contributed by atoms with Gasteiger partial charge in [0.05, 0.1) is 6.07 Å². The first-order chi connectivity index (χ1) is 8.36. The molecule has 0 aliphatic heterocycles. The summed E-state index contributed by atoms with van der Waals surface area (Å²) < 4.78 is 0. The molecular weight excluding hydrogens is 206 g/mol. The van der Waals surface area contributed by atoms with Gasteiger partial charge in [0, 0.05) is 6.92 Å². The third-order valence-electron chi connectivity index (χ3n) is 2.39. The van der Waals surface area contributed by atoms with Crippen molar-refractivity contribution in [2.24, 2.45) is 0 Å². The van der Waals surface area contributed by atoms with Gasteiger partial charge < -0.3 is 0 Å². The summed E-state index contributed by atoms with van der Waals surface area (Å²) in [5.41, 5.74) is 2.83. The molecule has 1 heteroatoms. The Morgan fingerprint density at radius 3 is 1.35 bits per heavy atom. The molecule has 0 N–H and O–H groups in total. The lowest BCUT2D eigenvalue weighted by Gasteiger charge is -2.01. The van der Waals surface area contributed by atoms with E-state index >= 15 is 0 Å². The zero-order valence-electron chi connectivity index (χ0n) is 10.1. The fourth-order valence-electron chi connectivity index (χ4n) is 1.58. The highest BCUT2D eigenvalue weighted by Crippen LogP contribution is 2.06. The van der Waals surface area contributed by atoms with Crippen LogP contribution in [0.15, 0.2) is 60.7 Å². The Morgan fingerprint density at radius 2 is 1.06 bits per heavy atom. The van der Waals surface area contributed by atoms with Crippen molar-refractivity contribution < 1.29 is 0 Å². The van der Waals surface area contributed by atoms with E-state index in [9.17, 15) is 0 Å². The number of hydrogen-bond acceptors (Lipinski definition) is 1. The number of nitriles is 1. The van der Waals surface area contributed by atoms with E-state index in [-0.39, 0.29) is 0 Å². The summed E-state index contributed by atoms with van der Waals surface area (Å²) in [6.45, 7) is 1.43. The predicted molar refractivity (Wildman–Crippen MR) is 71.6 cm³/mol. The molecular formula is C16H17N. The summed E-state index contributed by atoms with van der Waals surface area (Å²) in [7, 11) is 0. The van der Waals surface area contributed by atoms with Gasteiger partial charge in [0.2, 0.25) is 0 Å². The van der Waals surface area contributed by atoms with E-state index in [1.54, 1.807) is 6.07 Å². The maximum Gasteiger partial charge on any atom is 0.0587 e. The van der Waals surface area contributed by atoms with E-state index in [1.165, 1.54) is 18.1 Å². The summed E-state index contributed by atoms with van der Waals surface area (Å²) in [5.74, 6) is 0. The second-order valence-electron chi connectivity index (χ2n) is 3.69. The van der Waals surface area contributed by atoms with Gasteiger partial charge in [-0.2, -0.15) is 5.26 Å². The molecule has 17 heavy (non-hydrogen) atoms. The molecule has 0 saturated carbocycles. The van der Waals surface area contributed by atoms with Crippen LogP contribution < -0.4 is 0 Å². The van der Waals surface area contributed by atoms with Crippen molar-refractivity contribution in [2.75, 3.05) is 0 Å². The molecule has 1 nitrogen and oxygen atoms in total. The minimum atomic E-state index is 1.13. The molecule has 0 bridgehead atoms. The molecule has 0 spiro atoms. The lowest BCUT2D eigenvalue weighted by Crippen LogP contribution is -1.89. The van der Waals surface area contributed by atoms with Gasteiger partial charge in [0.25, 0.3) is 0 Å². The van der Waals surface area contributed by atoms with Crippen LogP contribution in [0.4, 0.5) is 0 Å². The molecule has 0 atom stereocenters. The summed E-state index contributed by atoms with van der Waals surface area (Å²) in [4.78, 5) is 0. The van der Waals surface area contributed by atoms with Gasteiger partial charge in [0.1, 0.15) is 0 Å². The van der Waals surface area contributed by atoms with Crippen molar-refractivity contribution in [2.45, 2.75) is 19.8 Å². The van der Waals surface area contributed by atoms with Crippen molar-refractivity contribution >= 4 is 0 Å². The fourth-order valence-corrected chi connectivity index (χ4v) is 1.58. The first kappa shape index (κ1) is 13.0. The highest BCUT2D eigenvalue weighted by molar-refractivity contribution is 5.19. The Bertz CT molecular complexity index is 400. The largest absolute Gasteiger partial charge is 0.199 e. The van der Waals surface area contributed by atoms with Crippen molar-refractivity contribution in [3.8, 4) is 6.07 Å². The molecule has 0 aromatic heterocycles. The summed E-state index contributed by atoms with van der Waals surface area (Å²) in [6, 6.07) is 23.0. The lowest BCUT2D eigenvalue weighted by molar-refractivity contribution is 0.960. The molecule has 0 aliphatic carbocycles. The normalized spacial score (nSPS) is 8.71. The van der Waals surface area contributed by atoms with E-state index < -0.39 is 0 Å². The number of aryl methyl sites for hydroxylation is 2. The van der Waals surface area contributed by atoms with Crippen LogP contribution >= 0.6 is 0 Å². The van der Waals surface area contributed by atoms with Gasteiger partial charge in [-0.1, -0.05) is 60.7 Å². The molecule has 2 rings (SSSR count). The summed E-state index contributed by atoms with van der Waals surface area (Å²) >= 11 is 0. The third-order valence-corrected chi connectivity index (χ3v) is 2.39. The average molecular weight is 223 g/mol. The van der Waals surface area contributed by atoms with Gasteiger partial charge in [0.15, 0.2) is 0 Å². The topological polar surface area (TPSA) is 23.8 Å². The second-order valence-corrected chi connectivity index (χ2v) is 3.69. The van der Waals surface area contributed by atoms with Crippen molar-refractivity contribution in [1.29, 1.82) is 5.26 Å². The van der Waals surface area contributed by atoms with Gasteiger partial charge >= 0.3 is 0 Å². The van der Waals surface area contributed by atoms with E-state index in [0.29, 0.717) is 0 Å². The maximum atomic E-state index is 7.32. The van der Waals surface area contributed by atoms with Crippen LogP contribution in [0.2, 0.25) is 0 Å². The Hall–Kier alpha value is -2.07. The maximum absolute atomic E-state index is 7.32. The smallest absolute Gasteiger partial charge is 0.0587 e. The molecule has 0 aliphatic rings. The van der Waals surface area contributed by atoms with Crippen molar-refractivity contribution in [1.82, 2.24) is 0 Å². The molecule has 0 saturated heterocycles. The summed E-state index contributed by atoms with van der Waals surface area (Å²) in [6.07, 6.45) is 2.26. The van der Waals surface area contributed by atoms with E-state index in [0.717, 1.165) is 12.8 Å². The number of benzene rings is 2. The zero-order chi connectivity index (χ0) is 12.3. The Labute approximate surface area is 103 Å². The van der Waals surface area contributed by atoms with E-state index in [1.807, 2.05) is 0 Å². The molecule has 0 unspecified atom stereocenters. The molecule has 86 valence electrons. The van der Waals surface area contributed by atoms with E-state index in [2.05, 4.69) is 60.7 Å². The average Bonchev–Trinajstić information content (AvgIpc) is 2.40. The Morgan fingerprint density at radius 1 is 0.765 bits per heavy atom. The van der Waals surface area contributed by atoms with Crippen LogP contribution in [-0.4, -0.2) is 0 Å². The van der Waals surface area contributed by atoms with Gasteiger partial charge in [-0.3, -0.25) is 0 Å².